The van der Waals surface area contributed by atoms with Crippen molar-refractivity contribution in [3.8, 4) is 11.6 Å². The summed E-state index contributed by atoms with van der Waals surface area (Å²) in [7, 11) is 0. The standard InChI is InChI=1S/C17H26N2O3/c1-11(2)16(20)10-21-14-5-6-17(18-9-14)22-15-7-13(8-15)19-12(3)4/h5-6,9,11-13,15,19H,7-8,10H2,1-4H3. The molecular weight excluding hydrogens is 280 g/mol. The number of pyridine rings is 1. The summed E-state index contributed by atoms with van der Waals surface area (Å²) in [4.78, 5) is 15.7. The van der Waals surface area contributed by atoms with Crippen LogP contribution in [0.5, 0.6) is 11.6 Å². The summed E-state index contributed by atoms with van der Waals surface area (Å²) < 4.78 is 11.2. The Labute approximate surface area is 132 Å². The Morgan fingerprint density at radius 3 is 2.59 bits per heavy atom. The highest BCUT2D eigenvalue weighted by Gasteiger charge is 2.31. The van der Waals surface area contributed by atoms with Gasteiger partial charge in [-0.25, -0.2) is 4.98 Å². The van der Waals surface area contributed by atoms with E-state index in [0.717, 1.165) is 12.8 Å². The van der Waals surface area contributed by atoms with Gasteiger partial charge in [0.25, 0.3) is 0 Å². The number of Topliss-reactive ketones (excluding diaryl/α,β-unsaturated/α-hetero) is 1. The highest BCUT2D eigenvalue weighted by Crippen LogP contribution is 2.26. The maximum Gasteiger partial charge on any atom is 0.213 e. The third-order valence-electron chi connectivity index (χ3n) is 3.69. The van der Waals surface area contributed by atoms with Crippen LogP contribution >= 0.6 is 0 Å². The molecule has 1 aliphatic rings. The lowest BCUT2D eigenvalue weighted by molar-refractivity contribution is -0.123. The molecule has 1 aromatic heterocycles. The summed E-state index contributed by atoms with van der Waals surface area (Å²) in [6.07, 6.45) is 3.87. The van der Waals surface area contributed by atoms with E-state index in [2.05, 4.69) is 24.1 Å². The van der Waals surface area contributed by atoms with Crippen molar-refractivity contribution >= 4 is 5.78 Å². The predicted octanol–water partition coefficient (Wildman–Crippen LogP) is 2.59. The Morgan fingerprint density at radius 1 is 1.32 bits per heavy atom. The topological polar surface area (TPSA) is 60.5 Å². The van der Waals surface area contributed by atoms with Gasteiger partial charge in [0.2, 0.25) is 5.88 Å². The number of ketones is 1. The van der Waals surface area contributed by atoms with Crippen LogP contribution in [0.1, 0.15) is 40.5 Å². The van der Waals surface area contributed by atoms with Crippen molar-refractivity contribution in [3.63, 3.8) is 0 Å². The van der Waals surface area contributed by atoms with Crippen molar-refractivity contribution in [2.75, 3.05) is 6.61 Å². The normalized spacial score (nSPS) is 20.8. The first-order chi connectivity index (χ1) is 10.4. The Hall–Kier alpha value is -1.62. The van der Waals surface area contributed by atoms with E-state index in [9.17, 15) is 4.79 Å². The van der Waals surface area contributed by atoms with Gasteiger partial charge >= 0.3 is 0 Å². The zero-order chi connectivity index (χ0) is 16.1. The van der Waals surface area contributed by atoms with Gasteiger partial charge in [0.05, 0.1) is 6.20 Å². The van der Waals surface area contributed by atoms with Crippen LogP contribution in [0, 0.1) is 5.92 Å². The fraction of sp³-hybridized carbons (Fsp3) is 0.647. The molecule has 122 valence electrons. The van der Waals surface area contributed by atoms with Crippen LogP contribution in [0.3, 0.4) is 0 Å². The van der Waals surface area contributed by atoms with Crippen LogP contribution in [0.25, 0.3) is 0 Å². The van der Waals surface area contributed by atoms with E-state index in [-0.39, 0.29) is 24.4 Å². The molecule has 0 aliphatic heterocycles. The van der Waals surface area contributed by atoms with Crippen LogP contribution in [0.2, 0.25) is 0 Å². The van der Waals surface area contributed by atoms with E-state index in [1.54, 1.807) is 18.3 Å². The predicted molar refractivity (Wildman–Crippen MR) is 85.3 cm³/mol. The zero-order valence-corrected chi connectivity index (χ0v) is 13.8. The molecule has 1 saturated carbocycles. The van der Waals surface area contributed by atoms with E-state index >= 15 is 0 Å². The number of hydrogen-bond donors (Lipinski definition) is 1. The van der Waals surface area contributed by atoms with Crippen molar-refractivity contribution < 1.29 is 14.3 Å². The van der Waals surface area contributed by atoms with Gasteiger partial charge in [0, 0.05) is 24.1 Å². The Kier molecular flexibility index (Phi) is 5.77. The number of aromatic nitrogens is 1. The number of ether oxygens (including phenoxy) is 2. The first-order valence-electron chi connectivity index (χ1n) is 7.98. The lowest BCUT2D eigenvalue weighted by Crippen LogP contribution is -2.49. The minimum absolute atomic E-state index is 0.0124. The van der Waals surface area contributed by atoms with Crippen molar-refractivity contribution in [2.45, 2.75) is 58.7 Å². The summed E-state index contributed by atoms with van der Waals surface area (Å²) in [6, 6.07) is 4.64. The first-order valence-corrected chi connectivity index (χ1v) is 7.98. The summed E-state index contributed by atoms with van der Waals surface area (Å²) in [6.45, 7) is 8.11. The molecule has 2 rings (SSSR count). The van der Waals surface area contributed by atoms with Crippen molar-refractivity contribution in [3.05, 3.63) is 18.3 Å². The van der Waals surface area contributed by atoms with E-state index in [0.29, 0.717) is 23.7 Å². The summed E-state index contributed by atoms with van der Waals surface area (Å²) in [5.74, 6) is 1.27. The molecule has 1 N–H and O–H groups in total. The van der Waals surface area contributed by atoms with Crippen molar-refractivity contribution in [1.29, 1.82) is 0 Å². The fourth-order valence-corrected chi connectivity index (χ4v) is 2.28. The van der Waals surface area contributed by atoms with Crippen LogP contribution in [-0.4, -0.2) is 35.6 Å². The van der Waals surface area contributed by atoms with Crippen LogP contribution in [-0.2, 0) is 4.79 Å². The zero-order valence-electron chi connectivity index (χ0n) is 13.8. The lowest BCUT2D eigenvalue weighted by atomic mass is 9.89. The van der Waals surface area contributed by atoms with E-state index in [1.165, 1.54) is 0 Å². The maximum atomic E-state index is 11.5. The molecule has 1 aromatic rings. The second kappa shape index (κ2) is 7.58. The van der Waals surface area contributed by atoms with Gasteiger partial charge < -0.3 is 14.8 Å². The smallest absolute Gasteiger partial charge is 0.213 e. The second-order valence-electron chi connectivity index (χ2n) is 6.47. The lowest BCUT2D eigenvalue weighted by Gasteiger charge is -2.36. The number of carbonyl (C=O) groups is 1. The molecule has 22 heavy (non-hydrogen) atoms. The molecule has 5 heteroatoms. The average Bonchev–Trinajstić information content (AvgIpc) is 2.43. The molecule has 0 radical (unpaired) electrons. The quantitative estimate of drug-likeness (QED) is 0.800. The third kappa shape index (κ3) is 4.98. The Morgan fingerprint density at radius 2 is 2.05 bits per heavy atom. The Balaban J connectivity index is 1.72. The third-order valence-corrected chi connectivity index (χ3v) is 3.69. The highest BCUT2D eigenvalue weighted by atomic mass is 16.5. The summed E-state index contributed by atoms with van der Waals surface area (Å²) in [5, 5.41) is 3.49. The molecule has 0 spiro atoms. The monoisotopic (exact) mass is 306 g/mol. The number of nitrogens with one attached hydrogen (secondary N) is 1. The van der Waals surface area contributed by atoms with Crippen LogP contribution in [0.15, 0.2) is 18.3 Å². The van der Waals surface area contributed by atoms with Crippen LogP contribution in [0.4, 0.5) is 0 Å². The Bertz CT molecular complexity index is 479. The van der Waals surface area contributed by atoms with Gasteiger partial charge in [-0.3, -0.25) is 4.79 Å². The van der Waals surface area contributed by atoms with Gasteiger partial charge in [-0.1, -0.05) is 27.7 Å². The van der Waals surface area contributed by atoms with Crippen molar-refractivity contribution in [2.24, 2.45) is 5.92 Å². The summed E-state index contributed by atoms with van der Waals surface area (Å²) >= 11 is 0. The highest BCUT2D eigenvalue weighted by molar-refractivity contribution is 5.81. The van der Waals surface area contributed by atoms with E-state index in [1.807, 2.05) is 13.8 Å². The van der Waals surface area contributed by atoms with E-state index < -0.39 is 0 Å². The van der Waals surface area contributed by atoms with Gasteiger partial charge in [0.15, 0.2) is 5.78 Å². The molecular formula is C17H26N2O3. The maximum absolute atomic E-state index is 11.5. The van der Waals surface area contributed by atoms with Gasteiger partial charge in [-0.05, 0) is 18.9 Å². The van der Waals surface area contributed by atoms with E-state index in [4.69, 9.17) is 9.47 Å². The van der Waals surface area contributed by atoms with Gasteiger partial charge in [0.1, 0.15) is 18.5 Å². The molecule has 0 bridgehead atoms. The summed E-state index contributed by atoms with van der Waals surface area (Å²) in [5.41, 5.74) is 0. The van der Waals surface area contributed by atoms with Gasteiger partial charge in [-0.15, -0.1) is 0 Å². The molecule has 5 nitrogen and oxygen atoms in total. The number of hydrogen-bond acceptors (Lipinski definition) is 5. The molecule has 1 aliphatic carbocycles. The molecule has 0 atom stereocenters. The molecule has 0 aromatic carbocycles. The number of carbonyl (C=O) groups excluding carboxylic acids is 1. The second-order valence-corrected chi connectivity index (χ2v) is 6.47. The molecule has 0 saturated heterocycles. The SMILES string of the molecule is CC(C)NC1CC(Oc2ccc(OCC(=O)C(C)C)cn2)C1. The molecule has 0 amide bonds. The molecule has 1 heterocycles. The minimum atomic E-state index is -0.0124. The fourth-order valence-electron chi connectivity index (χ4n) is 2.28. The largest absolute Gasteiger partial charge is 0.484 e. The van der Waals surface area contributed by atoms with Crippen molar-refractivity contribution in [1.82, 2.24) is 10.3 Å². The van der Waals surface area contributed by atoms with Crippen LogP contribution < -0.4 is 14.8 Å². The molecule has 0 unspecified atom stereocenters. The molecule has 1 fully saturated rings. The minimum Gasteiger partial charge on any atom is -0.484 e. The average molecular weight is 306 g/mol. The van der Waals surface area contributed by atoms with Gasteiger partial charge in [-0.2, -0.15) is 0 Å². The number of rotatable bonds is 8. The first kappa shape index (κ1) is 16.7. The number of nitrogens with zero attached hydrogens (tertiary/aromatic N) is 1.